The lowest BCUT2D eigenvalue weighted by Crippen LogP contribution is -2.48. The molecular weight excluding hydrogens is 273 g/mol. The van der Waals surface area contributed by atoms with Gasteiger partial charge in [-0.1, -0.05) is 26.8 Å². The predicted molar refractivity (Wildman–Crippen MR) is 67.6 cm³/mol. The second-order valence-electron chi connectivity index (χ2n) is 5.22. The molecule has 0 saturated heterocycles. The van der Waals surface area contributed by atoms with Crippen LogP contribution in [0.5, 0.6) is 0 Å². The van der Waals surface area contributed by atoms with E-state index in [0.29, 0.717) is 0 Å². The molecule has 0 amide bonds. The first-order valence-electron chi connectivity index (χ1n) is 5.55. The van der Waals surface area contributed by atoms with Gasteiger partial charge in [0.1, 0.15) is 11.9 Å². The maximum atomic E-state index is 13.0. The molecule has 1 aromatic rings. The van der Waals surface area contributed by atoms with E-state index in [1.54, 1.807) is 20.8 Å². The van der Waals surface area contributed by atoms with Gasteiger partial charge in [-0.2, -0.15) is 4.72 Å². The van der Waals surface area contributed by atoms with Crippen molar-refractivity contribution >= 4 is 16.0 Å². The minimum Gasteiger partial charge on any atom is -0.480 e. The van der Waals surface area contributed by atoms with Crippen molar-refractivity contribution in [1.29, 1.82) is 0 Å². The van der Waals surface area contributed by atoms with Gasteiger partial charge in [0.25, 0.3) is 0 Å². The van der Waals surface area contributed by atoms with Crippen molar-refractivity contribution in [2.24, 2.45) is 5.41 Å². The van der Waals surface area contributed by atoms with Gasteiger partial charge in [-0.3, -0.25) is 4.79 Å². The van der Waals surface area contributed by atoms with Crippen LogP contribution < -0.4 is 4.72 Å². The van der Waals surface area contributed by atoms with Crippen molar-refractivity contribution in [3.8, 4) is 0 Å². The summed E-state index contributed by atoms with van der Waals surface area (Å²) in [6.07, 6.45) is 0. The predicted octanol–water partition coefficient (Wildman–Crippen LogP) is 1.60. The van der Waals surface area contributed by atoms with Crippen LogP contribution in [0.4, 0.5) is 4.39 Å². The highest BCUT2D eigenvalue weighted by molar-refractivity contribution is 7.89. The SMILES string of the molecule is CC(C)(C)[C@H](NS(=O)(=O)c1cccc(F)c1)C(=O)O. The van der Waals surface area contributed by atoms with E-state index >= 15 is 0 Å². The van der Waals surface area contributed by atoms with Crippen molar-refractivity contribution in [3.63, 3.8) is 0 Å². The highest BCUT2D eigenvalue weighted by Gasteiger charge is 2.35. The maximum Gasteiger partial charge on any atom is 0.322 e. The molecule has 1 aromatic carbocycles. The van der Waals surface area contributed by atoms with E-state index in [9.17, 15) is 17.6 Å². The third-order valence-corrected chi connectivity index (χ3v) is 3.91. The summed E-state index contributed by atoms with van der Waals surface area (Å²) in [4.78, 5) is 10.8. The molecule has 0 aliphatic carbocycles. The number of hydrogen-bond donors (Lipinski definition) is 2. The maximum absolute atomic E-state index is 13.0. The van der Waals surface area contributed by atoms with Crippen LogP contribution in [0.1, 0.15) is 20.8 Å². The Kier molecular flexibility index (Phi) is 4.32. The molecule has 2 N–H and O–H groups in total. The Bertz CT molecular complexity index is 578. The van der Waals surface area contributed by atoms with Gasteiger partial charge in [0.05, 0.1) is 4.90 Å². The molecule has 19 heavy (non-hydrogen) atoms. The van der Waals surface area contributed by atoms with Crippen LogP contribution in [0.2, 0.25) is 0 Å². The third-order valence-electron chi connectivity index (χ3n) is 2.49. The summed E-state index contributed by atoms with van der Waals surface area (Å²) in [7, 11) is -4.08. The molecule has 0 saturated carbocycles. The van der Waals surface area contributed by atoms with E-state index in [-0.39, 0.29) is 4.90 Å². The van der Waals surface area contributed by atoms with E-state index in [4.69, 9.17) is 5.11 Å². The Morgan fingerprint density at radius 2 is 1.95 bits per heavy atom. The number of carbonyl (C=O) groups is 1. The summed E-state index contributed by atoms with van der Waals surface area (Å²) in [6.45, 7) is 4.79. The highest BCUT2D eigenvalue weighted by Crippen LogP contribution is 2.22. The monoisotopic (exact) mass is 289 g/mol. The van der Waals surface area contributed by atoms with Crippen molar-refractivity contribution in [2.75, 3.05) is 0 Å². The Hall–Kier alpha value is -1.47. The molecule has 1 atom stereocenters. The van der Waals surface area contributed by atoms with Gasteiger partial charge >= 0.3 is 5.97 Å². The zero-order chi connectivity index (χ0) is 14.8. The second kappa shape index (κ2) is 5.26. The molecule has 0 aromatic heterocycles. The summed E-state index contributed by atoms with van der Waals surface area (Å²) < 4.78 is 39.1. The van der Waals surface area contributed by atoms with E-state index in [0.717, 1.165) is 12.1 Å². The van der Waals surface area contributed by atoms with Crippen LogP contribution in [0, 0.1) is 11.2 Å². The zero-order valence-corrected chi connectivity index (χ0v) is 11.7. The molecule has 1 rings (SSSR count). The van der Waals surface area contributed by atoms with Gasteiger partial charge in [0.15, 0.2) is 0 Å². The summed E-state index contributed by atoms with van der Waals surface area (Å²) in [5.74, 6) is -1.99. The van der Waals surface area contributed by atoms with E-state index in [2.05, 4.69) is 4.72 Å². The van der Waals surface area contributed by atoms with Gasteiger partial charge in [0.2, 0.25) is 10.0 Å². The lowest BCUT2D eigenvalue weighted by molar-refractivity contribution is -0.141. The van der Waals surface area contributed by atoms with Crippen LogP contribution in [0.3, 0.4) is 0 Å². The van der Waals surface area contributed by atoms with Crippen molar-refractivity contribution in [1.82, 2.24) is 4.72 Å². The lowest BCUT2D eigenvalue weighted by Gasteiger charge is -2.27. The molecule has 0 spiro atoms. The molecule has 0 fully saturated rings. The van der Waals surface area contributed by atoms with E-state index < -0.39 is 33.3 Å². The topological polar surface area (TPSA) is 83.5 Å². The lowest BCUT2D eigenvalue weighted by atomic mass is 9.88. The molecule has 0 unspecified atom stereocenters. The normalized spacial score (nSPS) is 14.1. The molecule has 7 heteroatoms. The number of sulfonamides is 1. The zero-order valence-electron chi connectivity index (χ0n) is 10.8. The fourth-order valence-electron chi connectivity index (χ4n) is 1.45. The molecule has 0 heterocycles. The average Bonchev–Trinajstić information content (AvgIpc) is 2.24. The standard InChI is InChI=1S/C12H16FNO4S/c1-12(2,3)10(11(15)16)14-19(17,18)9-6-4-5-8(13)7-9/h4-7,10,14H,1-3H3,(H,15,16)/t10-/m1/s1. The molecule has 0 aliphatic rings. The molecule has 0 radical (unpaired) electrons. The van der Waals surface area contributed by atoms with Crippen molar-refractivity contribution < 1.29 is 22.7 Å². The first-order valence-corrected chi connectivity index (χ1v) is 7.03. The number of hydrogen-bond acceptors (Lipinski definition) is 3. The van der Waals surface area contributed by atoms with E-state index in [1.807, 2.05) is 0 Å². The number of benzene rings is 1. The number of rotatable bonds is 4. The first-order chi connectivity index (χ1) is 8.54. The Morgan fingerprint density at radius 3 is 2.37 bits per heavy atom. The first kappa shape index (κ1) is 15.6. The minimum absolute atomic E-state index is 0.303. The number of nitrogens with one attached hydrogen (secondary N) is 1. The van der Waals surface area contributed by atoms with Crippen LogP contribution in [-0.2, 0) is 14.8 Å². The highest BCUT2D eigenvalue weighted by atomic mass is 32.2. The van der Waals surface area contributed by atoms with Gasteiger partial charge in [-0.25, -0.2) is 12.8 Å². The third kappa shape index (κ3) is 4.00. The number of carboxylic acid groups (broad SMARTS) is 1. The van der Waals surface area contributed by atoms with Gasteiger partial charge in [-0.05, 0) is 23.6 Å². The van der Waals surface area contributed by atoms with Crippen molar-refractivity contribution in [3.05, 3.63) is 30.1 Å². The number of carboxylic acids is 1. The van der Waals surface area contributed by atoms with Crippen molar-refractivity contribution in [2.45, 2.75) is 31.7 Å². The van der Waals surface area contributed by atoms with Gasteiger partial charge < -0.3 is 5.11 Å². The van der Waals surface area contributed by atoms with Crippen LogP contribution in [0.15, 0.2) is 29.2 Å². The van der Waals surface area contributed by atoms with Gasteiger partial charge in [-0.15, -0.1) is 0 Å². The van der Waals surface area contributed by atoms with Crippen LogP contribution >= 0.6 is 0 Å². The van der Waals surface area contributed by atoms with Gasteiger partial charge in [0, 0.05) is 0 Å². The van der Waals surface area contributed by atoms with Crippen LogP contribution in [-0.4, -0.2) is 25.5 Å². The Labute approximate surface area is 111 Å². The fraction of sp³-hybridized carbons (Fsp3) is 0.417. The number of halogens is 1. The Balaban J connectivity index is 3.12. The average molecular weight is 289 g/mol. The molecular formula is C12H16FNO4S. The summed E-state index contributed by atoms with van der Waals surface area (Å²) >= 11 is 0. The quantitative estimate of drug-likeness (QED) is 0.882. The molecule has 5 nitrogen and oxygen atoms in total. The van der Waals surface area contributed by atoms with E-state index in [1.165, 1.54) is 12.1 Å². The van der Waals surface area contributed by atoms with Crippen LogP contribution in [0.25, 0.3) is 0 Å². The largest absolute Gasteiger partial charge is 0.480 e. The summed E-state index contributed by atoms with van der Waals surface area (Å²) in [5.41, 5.74) is -0.813. The second-order valence-corrected chi connectivity index (χ2v) is 6.93. The molecule has 106 valence electrons. The minimum atomic E-state index is -4.08. The molecule has 0 bridgehead atoms. The fourth-order valence-corrected chi connectivity index (χ4v) is 2.88. The summed E-state index contributed by atoms with van der Waals surface area (Å²) in [6, 6.07) is 3.09. The summed E-state index contributed by atoms with van der Waals surface area (Å²) in [5, 5.41) is 9.07. The molecule has 0 aliphatic heterocycles. The smallest absolute Gasteiger partial charge is 0.322 e. The Morgan fingerprint density at radius 1 is 1.37 bits per heavy atom. The number of aliphatic carboxylic acids is 1.